The minimum absolute atomic E-state index is 0.0129. The molecule has 2 aromatic heterocycles. The maximum absolute atomic E-state index is 12.6. The number of anilines is 1. The van der Waals surface area contributed by atoms with Gasteiger partial charge >= 0.3 is 0 Å². The highest BCUT2D eigenvalue weighted by atomic mass is 32.2. The van der Waals surface area contributed by atoms with Crippen molar-refractivity contribution in [2.24, 2.45) is 5.92 Å². The van der Waals surface area contributed by atoms with E-state index in [1.807, 2.05) is 35.7 Å². The average Bonchev–Trinajstić information content (AvgIpc) is 3.37. The third kappa shape index (κ3) is 4.92. The Hall–Kier alpha value is -4.21. The van der Waals surface area contributed by atoms with Gasteiger partial charge in [-0.2, -0.15) is 8.42 Å². The number of imidazole rings is 1. The molecule has 214 valence electrons. The second-order valence-electron chi connectivity index (χ2n) is 11.3. The second kappa shape index (κ2) is 10.6. The van der Waals surface area contributed by atoms with E-state index < -0.39 is 10.1 Å². The number of benzene rings is 3. The van der Waals surface area contributed by atoms with Crippen molar-refractivity contribution in [2.75, 3.05) is 12.3 Å². The molecule has 42 heavy (non-hydrogen) atoms. The molecule has 2 N–H and O–H groups in total. The summed E-state index contributed by atoms with van der Waals surface area (Å²) < 4.78 is 39.2. The number of hydrogen-bond donors (Lipinski definition) is 1. The van der Waals surface area contributed by atoms with Gasteiger partial charge in [0.25, 0.3) is 10.1 Å². The molecule has 1 saturated carbocycles. The Morgan fingerprint density at radius 2 is 1.83 bits per heavy atom. The smallest absolute Gasteiger partial charge is 0.296 e. The fourth-order valence-electron chi connectivity index (χ4n) is 6.04. The first-order valence-electron chi connectivity index (χ1n) is 14.3. The summed E-state index contributed by atoms with van der Waals surface area (Å²) in [7, 11) is -3.79. The number of hydrogen-bond acceptors (Lipinski definition) is 7. The topological polar surface area (TPSA) is 109 Å². The molecule has 0 radical (unpaired) electrons. The largest absolute Gasteiger partial charge is 0.485 e. The zero-order valence-corrected chi connectivity index (χ0v) is 24.1. The van der Waals surface area contributed by atoms with E-state index in [-0.39, 0.29) is 29.4 Å². The standard InChI is InChI=1S/C33H32N4O4S/c1-21-7-12-27(13-8-21)42(38,39)40-20-22-17-26(18-22)33-36-30(31-32(34)35-15-16-37(31)33)25-10-9-24-11-14-28(41-29(24)19-25)23-5-3-2-4-6-23/h2-10,12-13,15-16,19,22,26,28H,11,14,17-18,20H2,1H3,(H2,34,35)/t22-,26+,28-/m1/s1. The van der Waals surface area contributed by atoms with Crippen LogP contribution in [0.1, 0.15) is 53.8 Å². The normalized spacial score (nSPS) is 20.1. The maximum atomic E-state index is 12.6. The van der Waals surface area contributed by atoms with Gasteiger partial charge in [0.15, 0.2) is 0 Å². The number of nitrogens with two attached hydrogens (primary N) is 1. The van der Waals surface area contributed by atoms with E-state index in [2.05, 4.69) is 35.3 Å². The Labute approximate surface area is 245 Å². The summed E-state index contributed by atoms with van der Waals surface area (Å²) in [6, 6.07) is 23.3. The van der Waals surface area contributed by atoms with Crippen molar-refractivity contribution in [3.63, 3.8) is 0 Å². The molecule has 1 fully saturated rings. The third-order valence-electron chi connectivity index (χ3n) is 8.44. The highest BCUT2D eigenvalue weighted by Gasteiger charge is 2.36. The van der Waals surface area contributed by atoms with Crippen LogP contribution >= 0.6 is 0 Å². The molecule has 3 heterocycles. The molecule has 1 aliphatic heterocycles. The van der Waals surface area contributed by atoms with E-state index in [0.29, 0.717) is 5.82 Å². The monoisotopic (exact) mass is 580 g/mol. The Bertz CT molecular complexity index is 1860. The van der Waals surface area contributed by atoms with Crippen LogP contribution < -0.4 is 10.5 Å². The van der Waals surface area contributed by atoms with Gasteiger partial charge in [-0.05, 0) is 67.9 Å². The van der Waals surface area contributed by atoms with E-state index in [0.717, 1.165) is 59.6 Å². The zero-order valence-electron chi connectivity index (χ0n) is 23.3. The number of ether oxygens (including phenoxy) is 1. The lowest BCUT2D eigenvalue weighted by Gasteiger charge is -2.34. The number of rotatable bonds is 7. The van der Waals surface area contributed by atoms with Crippen molar-refractivity contribution in [2.45, 2.75) is 49.5 Å². The lowest BCUT2D eigenvalue weighted by Crippen LogP contribution is -2.28. The second-order valence-corrected chi connectivity index (χ2v) is 12.9. The predicted octanol–water partition coefficient (Wildman–Crippen LogP) is 6.25. The molecule has 1 aliphatic carbocycles. The summed E-state index contributed by atoms with van der Waals surface area (Å²) in [4.78, 5) is 9.63. The summed E-state index contributed by atoms with van der Waals surface area (Å²) in [5.74, 6) is 2.45. The number of fused-ring (bicyclic) bond motifs is 2. The van der Waals surface area contributed by atoms with Gasteiger partial charge in [0.05, 0.1) is 11.5 Å². The van der Waals surface area contributed by atoms with Crippen molar-refractivity contribution < 1.29 is 17.3 Å². The summed E-state index contributed by atoms with van der Waals surface area (Å²) in [5.41, 5.74) is 12.2. The quantitative estimate of drug-likeness (QED) is 0.227. The SMILES string of the molecule is Cc1ccc(S(=O)(=O)OC[C@H]2C[C@@H](c3nc(-c4ccc5c(c4)O[C@@H](c4ccccc4)CC5)c4c(N)nccn43)C2)cc1. The van der Waals surface area contributed by atoms with Gasteiger partial charge in [0.1, 0.15) is 34.7 Å². The van der Waals surface area contributed by atoms with Crippen LogP contribution in [0, 0.1) is 12.8 Å². The maximum Gasteiger partial charge on any atom is 0.296 e. The molecule has 8 nitrogen and oxygen atoms in total. The molecule has 7 rings (SSSR count). The van der Waals surface area contributed by atoms with Crippen LogP contribution in [0.4, 0.5) is 5.82 Å². The van der Waals surface area contributed by atoms with Crippen LogP contribution in [0.5, 0.6) is 5.75 Å². The fourth-order valence-corrected chi connectivity index (χ4v) is 7.01. The van der Waals surface area contributed by atoms with Gasteiger partial charge in [0, 0.05) is 23.9 Å². The van der Waals surface area contributed by atoms with Crippen LogP contribution in [-0.2, 0) is 20.7 Å². The van der Waals surface area contributed by atoms with E-state index >= 15 is 0 Å². The van der Waals surface area contributed by atoms with Gasteiger partial charge in [0.2, 0.25) is 0 Å². The zero-order chi connectivity index (χ0) is 28.8. The number of aromatic nitrogens is 3. The Balaban J connectivity index is 1.11. The van der Waals surface area contributed by atoms with Crippen LogP contribution in [0.25, 0.3) is 16.8 Å². The molecular formula is C33H32N4O4S. The van der Waals surface area contributed by atoms with E-state index in [1.54, 1.807) is 30.5 Å². The lowest BCUT2D eigenvalue weighted by atomic mass is 9.75. The lowest BCUT2D eigenvalue weighted by molar-refractivity contribution is 0.158. The minimum atomic E-state index is -3.79. The van der Waals surface area contributed by atoms with E-state index in [9.17, 15) is 8.42 Å². The van der Waals surface area contributed by atoms with Gasteiger partial charge in [-0.1, -0.05) is 60.2 Å². The number of nitrogen functional groups attached to an aromatic ring is 1. The van der Waals surface area contributed by atoms with E-state index in [1.165, 1.54) is 11.1 Å². The van der Waals surface area contributed by atoms with Gasteiger partial charge in [-0.15, -0.1) is 0 Å². The van der Waals surface area contributed by atoms with Gasteiger partial charge < -0.3 is 10.5 Å². The number of aryl methyl sites for hydroxylation is 2. The molecule has 2 aliphatic rings. The Morgan fingerprint density at radius 3 is 2.62 bits per heavy atom. The summed E-state index contributed by atoms with van der Waals surface area (Å²) in [5, 5.41) is 0. The van der Waals surface area contributed by atoms with Crippen molar-refractivity contribution in [3.8, 4) is 17.0 Å². The van der Waals surface area contributed by atoms with Crippen LogP contribution in [0.2, 0.25) is 0 Å². The highest BCUT2D eigenvalue weighted by molar-refractivity contribution is 7.86. The van der Waals surface area contributed by atoms with Crippen molar-refractivity contribution in [1.29, 1.82) is 0 Å². The van der Waals surface area contributed by atoms with Crippen molar-refractivity contribution in [1.82, 2.24) is 14.4 Å². The summed E-state index contributed by atoms with van der Waals surface area (Å²) >= 11 is 0. The van der Waals surface area contributed by atoms with E-state index in [4.69, 9.17) is 19.6 Å². The first kappa shape index (κ1) is 26.7. The van der Waals surface area contributed by atoms with Crippen LogP contribution in [0.3, 0.4) is 0 Å². The molecule has 3 aromatic carbocycles. The summed E-state index contributed by atoms with van der Waals surface area (Å²) in [6.07, 6.45) is 7.02. The minimum Gasteiger partial charge on any atom is -0.485 e. The molecule has 0 spiro atoms. The third-order valence-corrected chi connectivity index (χ3v) is 9.73. The molecule has 0 amide bonds. The number of nitrogens with zero attached hydrogens (tertiary/aromatic N) is 3. The highest BCUT2D eigenvalue weighted by Crippen LogP contribution is 2.44. The van der Waals surface area contributed by atoms with Crippen LogP contribution in [0.15, 0.2) is 90.1 Å². The Morgan fingerprint density at radius 1 is 1.05 bits per heavy atom. The molecule has 0 unspecified atom stereocenters. The van der Waals surface area contributed by atoms with Crippen LogP contribution in [-0.4, -0.2) is 29.4 Å². The van der Waals surface area contributed by atoms with Gasteiger partial charge in [-0.25, -0.2) is 9.97 Å². The average molecular weight is 581 g/mol. The fraction of sp³-hybridized carbons (Fsp3) is 0.273. The molecule has 5 aromatic rings. The molecule has 1 atom stereocenters. The first-order chi connectivity index (χ1) is 20.4. The van der Waals surface area contributed by atoms with Crippen molar-refractivity contribution in [3.05, 3.63) is 108 Å². The molecule has 9 heteroatoms. The predicted molar refractivity (Wildman–Crippen MR) is 161 cm³/mol. The Kier molecular flexibility index (Phi) is 6.71. The molecular weight excluding hydrogens is 548 g/mol. The molecule has 0 bridgehead atoms. The summed E-state index contributed by atoms with van der Waals surface area (Å²) in [6.45, 7) is 2.07. The van der Waals surface area contributed by atoms with Gasteiger partial charge in [-0.3, -0.25) is 8.58 Å². The van der Waals surface area contributed by atoms with Crippen molar-refractivity contribution >= 4 is 21.5 Å². The first-order valence-corrected chi connectivity index (χ1v) is 15.7. The molecule has 0 saturated heterocycles.